The van der Waals surface area contributed by atoms with Crippen LogP contribution in [0.1, 0.15) is 31.7 Å². The zero-order valence-electron chi connectivity index (χ0n) is 15.3. The lowest BCUT2D eigenvalue weighted by atomic mass is 9.94. The fourth-order valence-electron chi connectivity index (χ4n) is 3.77. The van der Waals surface area contributed by atoms with E-state index >= 15 is 0 Å². The quantitative estimate of drug-likeness (QED) is 0.766. The van der Waals surface area contributed by atoms with Gasteiger partial charge in [0.25, 0.3) is 0 Å². The monoisotopic (exact) mass is 347 g/mol. The highest BCUT2D eigenvalue weighted by Gasteiger charge is 2.40. The van der Waals surface area contributed by atoms with E-state index in [2.05, 4.69) is 27.1 Å². The molecule has 1 N–H and O–H groups in total. The van der Waals surface area contributed by atoms with Gasteiger partial charge in [0.1, 0.15) is 0 Å². The Morgan fingerprint density at radius 2 is 2.08 bits per heavy atom. The van der Waals surface area contributed by atoms with Crippen molar-refractivity contribution >= 4 is 11.9 Å². The zero-order chi connectivity index (χ0) is 17.6. The molecule has 0 radical (unpaired) electrons. The van der Waals surface area contributed by atoms with Crippen molar-refractivity contribution in [3.63, 3.8) is 0 Å². The van der Waals surface area contributed by atoms with E-state index in [1.807, 2.05) is 17.3 Å². The number of aromatic nitrogens is 2. The van der Waals surface area contributed by atoms with Crippen LogP contribution >= 0.6 is 0 Å². The van der Waals surface area contributed by atoms with Crippen molar-refractivity contribution in [2.24, 2.45) is 5.92 Å². The summed E-state index contributed by atoms with van der Waals surface area (Å²) in [4.78, 5) is 25.9. The highest BCUT2D eigenvalue weighted by molar-refractivity contribution is 5.80. The topological polar surface area (TPSA) is 70.6 Å². The van der Waals surface area contributed by atoms with Gasteiger partial charge in [-0.2, -0.15) is 0 Å². The Morgan fingerprint density at radius 1 is 1.28 bits per heavy atom. The number of carbonyl (C=O) groups excluding carboxylic acids is 1. The fraction of sp³-hybridized carbons (Fsp3) is 0.722. The second-order valence-corrected chi connectivity index (χ2v) is 6.99. The molecule has 0 unspecified atom stereocenters. The first-order valence-electron chi connectivity index (χ1n) is 9.27. The molecule has 7 heteroatoms. The molecule has 138 valence electrons. The molecule has 3 aliphatic heterocycles. The van der Waals surface area contributed by atoms with Gasteiger partial charge >= 0.3 is 0 Å². The second-order valence-electron chi connectivity index (χ2n) is 6.99. The van der Waals surface area contributed by atoms with Crippen molar-refractivity contribution in [2.45, 2.75) is 38.8 Å². The zero-order valence-corrected chi connectivity index (χ0v) is 15.3. The van der Waals surface area contributed by atoms with Gasteiger partial charge in [-0.15, -0.1) is 0 Å². The molecule has 3 aliphatic rings. The number of rotatable bonds is 8. The van der Waals surface area contributed by atoms with Crippen LogP contribution in [0.25, 0.3) is 0 Å². The highest BCUT2D eigenvalue weighted by atomic mass is 16.5. The predicted molar refractivity (Wildman–Crippen MR) is 96.2 cm³/mol. The Bertz CT molecular complexity index is 565. The summed E-state index contributed by atoms with van der Waals surface area (Å²) >= 11 is 0. The maximum Gasteiger partial charge on any atom is 0.227 e. The van der Waals surface area contributed by atoms with Crippen LogP contribution in [0.3, 0.4) is 0 Å². The van der Waals surface area contributed by atoms with E-state index in [0.717, 1.165) is 51.0 Å². The standard InChI is InChI=1S/C18H29N5O2/c1-3-6-19-18-20-9-14(10-21-18)11-22-12-15-4-5-16(13-22)23(17(15)24)7-8-25-2/h9-10,15-16H,3-8,11-13H2,1-2H3,(H,19,20,21)/t15-,16+/m0/s1. The van der Waals surface area contributed by atoms with Crippen LogP contribution in [0.4, 0.5) is 5.95 Å². The number of methoxy groups -OCH3 is 1. The van der Waals surface area contributed by atoms with Crippen molar-refractivity contribution in [1.29, 1.82) is 0 Å². The van der Waals surface area contributed by atoms with E-state index in [1.54, 1.807) is 7.11 Å². The van der Waals surface area contributed by atoms with Crippen molar-refractivity contribution in [3.05, 3.63) is 18.0 Å². The SMILES string of the molecule is CCCNc1ncc(CN2C[C@@H]3CC[C@H](C2)N(CCOC)C3=O)cn1. The third kappa shape index (κ3) is 4.46. The summed E-state index contributed by atoms with van der Waals surface area (Å²) in [6, 6.07) is 0.299. The predicted octanol–water partition coefficient (Wildman–Crippen LogP) is 1.37. The third-order valence-electron chi connectivity index (χ3n) is 5.05. The van der Waals surface area contributed by atoms with Crippen molar-refractivity contribution in [2.75, 3.05) is 45.2 Å². The van der Waals surface area contributed by atoms with Gasteiger partial charge in [-0.25, -0.2) is 9.97 Å². The Hall–Kier alpha value is -1.73. The van der Waals surface area contributed by atoms with Gasteiger partial charge < -0.3 is 15.0 Å². The number of hydrogen-bond acceptors (Lipinski definition) is 6. The summed E-state index contributed by atoms with van der Waals surface area (Å²) in [5.41, 5.74) is 1.10. The van der Waals surface area contributed by atoms with Crippen LogP contribution < -0.4 is 5.32 Å². The van der Waals surface area contributed by atoms with Gasteiger partial charge in [0.15, 0.2) is 0 Å². The van der Waals surface area contributed by atoms with Crippen molar-refractivity contribution in [3.8, 4) is 0 Å². The molecule has 4 rings (SSSR count). The van der Waals surface area contributed by atoms with Crippen LogP contribution in [0.5, 0.6) is 0 Å². The number of nitrogens with one attached hydrogen (secondary N) is 1. The Labute approximate surface area is 149 Å². The molecule has 0 saturated carbocycles. The van der Waals surface area contributed by atoms with Crippen LogP contribution in [-0.4, -0.2) is 71.6 Å². The maximum atomic E-state index is 12.7. The molecule has 1 aromatic rings. The summed E-state index contributed by atoms with van der Waals surface area (Å²) in [6.45, 7) is 6.85. The third-order valence-corrected chi connectivity index (χ3v) is 5.05. The summed E-state index contributed by atoms with van der Waals surface area (Å²) in [5.74, 6) is 1.09. The van der Waals surface area contributed by atoms with E-state index in [0.29, 0.717) is 31.0 Å². The minimum absolute atomic E-state index is 0.113. The maximum absolute atomic E-state index is 12.7. The van der Waals surface area contributed by atoms with Gasteiger partial charge in [0.05, 0.1) is 12.5 Å². The van der Waals surface area contributed by atoms with Gasteiger partial charge in [0, 0.05) is 63.8 Å². The summed E-state index contributed by atoms with van der Waals surface area (Å²) in [7, 11) is 1.69. The lowest BCUT2D eigenvalue weighted by Crippen LogP contribution is -2.49. The Kier molecular flexibility index (Phi) is 6.20. The average molecular weight is 347 g/mol. The molecule has 0 aliphatic carbocycles. The molecule has 7 nitrogen and oxygen atoms in total. The van der Waals surface area contributed by atoms with Crippen LogP contribution in [0.15, 0.2) is 12.4 Å². The molecule has 2 bridgehead atoms. The van der Waals surface area contributed by atoms with Crippen LogP contribution in [-0.2, 0) is 16.1 Å². The minimum Gasteiger partial charge on any atom is -0.383 e. The molecule has 0 spiro atoms. The van der Waals surface area contributed by atoms with E-state index < -0.39 is 0 Å². The highest BCUT2D eigenvalue weighted by Crippen LogP contribution is 2.29. The van der Waals surface area contributed by atoms with Crippen LogP contribution in [0, 0.1) is 5.92 Å². The molecule has 0 aromatic carbocycles. The fourth-order valence-corrected chi connectivity index (χ4v) is 3.77. The first-order chi connectivity index (χ1) is 12.2. The number of piperidine rings is 1. The molecule has 3 saturated heterocycles. The smallest absolute Gasteiger partial charge is 0.227 e. The van der Waals surface area contributed by atoms with E-state index in [9.17, 15) is 4.79 Å². The van der Waals surface area contributed by atoms with Crippen molar-refractivity contribution in [1.82, 2.24) is 19.8 Å². The number of amides is 1. The lowest BCUT2D eigenvalue weighted by Gasteiger charge is -2.35. The molecule has 25 heavy (non-hydrogen) atoms. The Morgan fingerprint density at radius 3 is 2.80 bits per heavy atom. The lowest BCUT2D eigenvalue weighted by molar-refractivity contribution is -0.140. The van der Waals surface area contributed by atoms with Crippen LogP contribution in [0.2, 0.25) is 0 Å². The van der Waals surface area contributed by atoms with Gasteiger partial charge in [0.2, 0.25) is 11.9 Å². The number of anilines is 1. The number of ether oxygens (including phenoxy) is 1. The van der Waals surface area contributed by atoms with E-state index in [1.165, 1.54) is 0 Å². The Balaban J connectivity index is 1.61. The molecule has 3 fully saturated rings. The van der Waals surface area contributed by atoms with E-state index in [-0.39, 0.29) is 5.92 Å². The molecule has 4 heterocycles. The largest absolute Gasteiger partial charge is 0.383 e. The number of nitrogens with zero attached hydrogens (tertiary/aromatic N) is 4. The normalized spacial score (nSPS) is 23.8. The van der Waals surface area contributed by atoms with Gasteiger partial charge in [-0.1, -0.05) is 6.92 Å². The molecule has 2 atom stereocenters. The first kappa shape index (κ1) is 18.1. The minimum atomic E-state index is 0.113. The molecule has 1 aromatic heterocycles. The van der Waals surface area contributed by atoms with Crippen molar-refractivity contribution < 1.29 is 9.53 Å². The number of fused-ring (bicyclic) bond motifs is 4. The molecular formula is C18H29N5O2. The van der Waals surface area contributed by atoms with E-state index in [4.69, 9.17) is 4.74 Å². The summed E-state index contributed by atoms with van der Waals surface area (Å²) in [6.07, 6.45) is 6.92. The molecular weight excluding hydrogens is 318 g/mol. The average Bonchev–Trinajstić information content (AvgIpc) is 2.90. The molecule has 1 amide bonds. The first-order valence-corrected chi connectivity index (χ1v) is 9.27. The second kappa shape index (κ2) is 8.58. The summed E-state index contributed by atoms with van der Waals surface area (Å²) < 4.78 is 5.17. The van der Waals surface area contributed by atoms with Gasteiger partial charge in [-0.05, 0) is 19.3 Å². The van der Waals surface area contributed by atoms with Gasteiger partial charge in [-0.3, -0.25) is 9.69 Å². The number of hydrogen-bond donors (Lipinski definition) is 1. The number of carbonyl (C=O) groups is 1. The summed E-state index contributed by atoms with van der Waals surface area (Å²) in [5, 5.41) is 3.19.